The van der Waals surface area contributed by atoms with Crippen LogP contribution in [0.2, 0.25) is 0 Å². The molecule has 0 unspecified atom stereocenters. The molecule has 0 spiro atoms. The van der Waals surface area contributed by atoms with E-state index in [9.17, 15) is 0 Å². The molecule has 1 heterocycles. The smallest absolute Gasteiger partial charge is 0.247 e. The zero-order chi connectivity index (χ0) is 6.85. The van der Waals surface area contributed by atoms with Gasteiger partial charge >= 0.3 is 0 Å². The van der Waals surface area contributed by atoms with Crippen molar-refractivity contribution in [2.24, 2.45) is 0 Å². The molecule has 4 nitrogen and oxygen atoms in total. The fraction of sp³-hybridized carbons (Fsp3) is 0.600. The Bertz CT molecular complexity index is 207. The van der Waals surface area contributed by atoms with Crippen molar-refractivity contribution in [2.45, 2.75) is 13.8 Å². The third-order valence-corrected chi connectivity index (χ3v) is 1.22. The largest absolute Gasteiger partial charge is 0.305 e. The van der Waals surface area contributed by atoms with Crippen LogP contribution in [0.4, 0.5) is 0 Å². The van der Waals surface area contributed by atoms with E-state index < -0.39 is 0 Å². The average molecular weight is 129 g/mol. The van der Waals surface area contributed by atoms with E-state index in [2.05, 4.69) is 9.79 Å². The standard InChI is InChI=1S/C5H9N2O2/c1-4-5(2)7(8-3)9-6-4/h1-3H3/q+1. The zero-order valence-corrected chi connectivity index (χ0v) is 5.71. The van der Waals surface area contributed by atoms with Crippen LogP contribution in [0.25, 0.3) is 0 Å². The minimum Gasteiger partial charge on any atom is -0.305 e. The van der Waals surface area contributed by atoms with Gasteiger partial charge in [-0.05, 0) is 4.63 Å². The summed E-state index contributed by atoms with van der Waals surface area (Å²) in [6, 6.07) is 0. The van der Waals surface area contributed by atoms with Gasteiger partial charge in [-0.1, -0.05) is 0 Å². The number of nitrogens with zero attached hydrogens (tertiary/aromatic N) is 2. The highest BCUT2D eigenvalue weighted by Crippen LogP contribution is 1.92. The molecule has 0 aliphatic heterocycles. The Morgan fingerprint density at radius 1 is 1.56 bits per heavy atom. The highest BCUT2D eigenvalue weighted by atomic mass is 16.8. The first-order valence-electron chi connectivity index (χ1n) is 2.65. The molecule has 0 bridgehead atoms. The lowest BCUT2D eigenvalue weighted by molar-refractivity contribution is -1.02. The molecule has 9 heavy (non-hydrogen) atoms. The van der Waals surface area contributed by atoms with Crippen LogP contribution < -0.4 is 9.74 Å². The van der Waals surface area contributed by atoms with Crippen LogP contribution in [0.15, 0.2) is 4.63 Å². The first-order valence-corrected chi connectivity index (χ1v) is 2.65. The maximum Gasteiger partial charge on any atom is 0.247 e. The normalized spacial score (nSPS) is 9.67. The minimum atomic E-state index is 0.844. The molecule has 1 aromatic heterocycles. The molecule has 0 radical (unpaired) electrons. The first kappa shape index (κ1) is 6.07. The molecule has 0 aliphatic rings. The van der Waals surface area contributed by atoms with Gasteiger partial charge in [-0.25, -0.2) is 0 Å². The maximum absolute atomic E-state index is 4.75. The van der Waals surface area contributed by atoms with Crippen molar-refractivity contribution in [1.82, 2.24) is 5.16 Å². The van der Waals surface area contributed by atoms with E-state index in [1.165, 1.54) is 12.0 Å². The summed E-state index contributed by atoms with van der Waals surface area (Å²) < 4.78 is 4.69. The van der Waals surface area contributed by atoms with E-state index in [0.717, 1.165) is 11.4 Å². The Morgan fingerprint density at radius 3 is 2.44 bits per heavy atom. The minimum absolute atomic E-state index is 0.844. The van der Waals surface area contributed by atoms with Crippen LogP contribution in [-0.2, 0) is 0 Å². The van der Waals surface area contributed by atoms with E-state index in [4.69, 9.17) is 4.84 Å². The third-order valence-electron chi connectivity index (χ3n) is 1.22. The van der Waals surface area contributed by atoms with Gasteiger partial charge < -0.3 is 4.84 Å². The van der Waals surface area contributed by atoms with Gasteiger partial charge in [0.05, 0.1) is 0 Å². The van der Waals surface area contributed by atoms with Gasteiger partial charge in [-0.15, -0.1) is 0 Å². The number of aromatic nitrogens is 2. The van der Waals surface area contributed by atoms with Crippen molar-refractivity contribution in [3.8, 4) is 0 Å². The van der Waals surface area contributed by atoms with Crippen molar-refractivity contribution < 1.29 is 14.4 Å². The highest BCUT2D eigenvalue weighted by Gasteiger charge is 2.15. The fourth-order valence-corrected chi connectivity index (χ4v) is 0.528. The molecule has 4 heteroatoms. The van der Waals surface area contributed by atoms with E-state index in [-0.39, 0.29) is 0 Å². The van der Waals surface area contributed by atoms with Crippen LogP contribution in [0, 0.1) is 13.8 Å². The van der Waals surface area contributed by atoms with Crippen LogP contribution in [0.3, 0.4) is 0 Å². The van der Waals surface area contributed by atoms with Gasteiger partial charge in [0.15, 0.2) is 5.16 Å². The zero-order valence-electron chi connectivity index (χ0n) is 5.71. The molecule has 0 aromatic carbocycles. The Balaban J connectivity index is 3.04. The van der Waals surface area contributed by atoms with E-state index in [1.807, 2.05) is 13.8 Å². The van der Waals surface area contributed by atoms with Gasteiger partial charge in [0.2, 0.25) is 11.4 Å². The average Bonchev–Trinajstić information content (AvgIpc) is 2.15. The Labute approximate surface area is 52.9 Å². The predicted molar refractivity (Wildman–Crippen MR) is 28.7 cm³/mol. The van der Waals surface area contributed by atoms with Crippen molar-refractivity contribution in [2.75, 3.05) is 7.11 Å². The molecule has 50 valence electrons. The molecule has 0 saturated heterocycles. The van der Waals surface area contributed by atoms with Crippen molar-refractivity contribution in [3.63, 3.8) is 0 Å². The van der Waals surface area contributed by atoms with Gasteiger partial charge in [0.25, 0.3) is 0 Å². The fourth-order valence-electron chi connectivity index (χ4n) is 0.528. The van der Waals surface area contributed by atoms with Gasteiger partial charge in [-0.2, -0.15) is 0 Å². The molecule has 0 fully saturated rings. The lowest BCUT2D eigenvalue weighted by Gasteiger charge is -1.83. The van der Waals surface area contributed by atoms with E-state index in [0.29, 0.717) is 0 Å². The molecule has 0 N–H and O–H groups in total. The summed E-state index contributed by atoms with van der Waals surface area (Å²) in [5.41, 5.74) is 1.73. The summed E-state index contributed by atoms with van der Waals surface area (Å²) >= 11 is 0. The summed E-state index contributed by atoms with van der Waals surface area (Å²) in [4.78, 5) is 6.01. The molecule has 1 aromatic rings. The summed E-state index contributed by atoms with van der Waals surface area (Å²) in [5.74, 6) is 0. The van der Waals surface area contributed by atoms with E-state index in [1.54, 1.807) is 0 Å². The quantitative estimate of drug-likeness (QED) is 0.519. The van der Waals surface area contributed by atoms with Crippen LogP contribution in [0.1, 0.15) is 11.4 Å². The summed E-state index contributed by atoms with van der Waals surface area (Å²) in [5, 5.41) is 3.65. The van der Waals surface area contributed by atoms with Gasteiger partial charge in [0, 0.05) is 13.8 Å². The lowest BCUT2D eigenvalue weighted by atomic mass is 10.4. The van der Waals surface area contributed by atoms with Crippen LogP contribution in [0.5, 0.6) is 0 Å². The Morgan fingerprint density at radius 2 is 2.22 bits per heavy atom. The predicted octanol–water partition coefficient (Wildman–Crippen LogP) is -0.363. The highest BCUT2D eigenvalue weighted by molar-refractivity contribution is 4.95. The van der Waals surface area contributed by atoms with Crippen molar-refractivity contribution >= 4 is 0 Å². The topological polar surface area (TPSA) is 39.1 Å². The van der Waals surface area contributed by atoms with Crippen LogP contribution in [-0.4, -0.2) is 12.3 Å². The number of rotatable bonds is 1. The Hall–Kier alpha value is -1.06. The van der Waals surface area contributed by atoms with Gasteiger partial charge in [-0.3, -0.25) is 0 Å². The first-order chi connectivity index (χ1) is 4.25. The molecule has 0 aliphatic carbocycles. The second-order valence-corrected chi connectivity index (χ2v) is 1.78. The Kier molecular flexibility index (Phi) is 1.38. The SMILES string of the molecule is CO[n+]1onc(C)c1C. The second-order valence-electron chi connectivity index (χ2n) is 1.78. The molecular weight excluding hydrogens is 120 g/mol. The van der Waals surface area contributed by atoms with E-state index >= 15 is 0 Å². The van der Waals surface area contributed by atoms with Crippen LogP contribution >= 0.6 is 0 Å². The number of hydrogen-bond donors (Lipinski definition) is 0. The van der Waals surface area contributed by atoms with Gasteiger partial charge in [0.1, 0.15) is 12.0 Å². The summed E-state index contributed by atoms with van der Waals surface area (Å²) in [6.07, 6.45) is 0. The molecule has 1 rings (SSSR count). The molecule has 0 amide bonds. The maximum atomic E-state index is 4.75. The molecular formula is C5H9N2O2+. The third kappa shape index (κ3) is 0.872. The second kappa shape index (κ2) is 2.05. The summed E-state index contributed by atoms with van der Waals surface area (Å²) in [6.45, 7) is 3.73. The van der Waals surface area contributed by atoms with Crippen molar-refractivity contribution in [3.05, 3.63) is 11.4 Å². The number of aryl methyl sites for hydroxylation is 1. The lowest BCUT2D eigenvalue weighted by Crippen LogP contribution is -2.41. The monoisotopic (exact) mass is 129 g/mol. The molecule has 0 saturated carbocycles. The summed E-state index contributed by atoms with van der Waals surface area (Å²) in [7, 11) is 1.53. The molecule has 0 atom stereocenters. The number of hydrogen-bond acceptors (Lipinski definition) is 3. The van der Waals surface area contributed by atoms with Crippen molar-refractivity contribution in [1.29, 1.82) is 0 Å².